The summed E-state index contributed by atoms with van der Waals surface area (Å²) in [6, 6.07) is 0. The summed E-state index contributed by atoms with van der Waals surface area (Å²) in [6.07, 6.45) is 13.1. The molecule has 0 fully saturated rings. The number of aliphatic hydroxyl groups excluding tert-OH is 1. The van der Waals surface area contributed by atoms with Crippen LogP contribution in [0.2, 0.25) is 0 Å². The number of hydrogen-bond acceptors (Lipinski definition) is 1. The monoisotopic (exact) mass is 182 g/mol. The fraction of sp³-hybridized carbons (Fsp3) is 0.667. The van der Waals surface area contributed by atoms with Crippen molar-refractivity contribution in [2.45, 2.75) is 52.1 Å². The van der Waals surface area contributed by atoms with Gasteiger partial charge in [0.2, 0.25) is 0 Å². The smallest absolute Gasteiger partial charge is 0.0902 e. The second-order valence-corrected chi connectivity index (χ2v) is 3.28. The molecule has 0 saturated carbocycles. The second kappa shape index (κ2) is 9.53. The molecule has 0 aromatic heterocycles. The van der Waals surface area contributed by atoms with Gasteiger partial charge in [0, 0.05) is 0 Å². The van der Waals surface area contributed by atoms with Crippen LogP contribution in [-0.2, 0) is 0 Å². The first kappa shape index (κ1) is 12.4. The average Bonchev–Trinajstić information content (AvgIpc) is 2.13. The van der Waals surface area contributed by atoms with Gasteiger partial charge in [0.15, 0.2) is 0 Å². The highest BCUT2D eigenvalue weighted by Gasteiger charge is 1.89. The zero-order valence-corrected chi connectivity index (χ0v) is 8.87. The van der Waals surface area contributed by atoms with Crippen LogP contribution in [0.3, 0.4) is 0 Å². The largest absolute Gasteiger partial charge is 0.385 e. The van der Waals surface area contributed by atoms with E-state index in [2.05, 4.69) is 19.9 Å². The summed E-state index contributed by atoms with van der Waals surface area (Å²) in [5, 5.41) is 9.40. The van der Waals surface area contributed by atoms with Gasteiger partial charge >= 0.3 is 0 Å². The van der Waals surface area contributed by atoms with Crippen molar-refractivity contribution in [1.29, 1.82) is 0 Å². The first-order valence-corrected chi connectivity index (χ1v) is 5.32. The molecule has 0 bridgehead atoms. The Morgan fingerprint density at radius 3 is 2.15 bits per heavy atom. The maximum atomic E-state index is 9.40. The number of aliphatic hydroxyl groups is 1. The van der Waals surface area contributed by atoms with Gasteiger partial charge < -0.3 is 5.11 Å². The van der Waals surface area contributed by atoms with E-state index < -0.39 is 0 Å². The van der Waals surface area contributed by atoms with Crippen LogP contribution >= 0.6 is 0 Å². The molecule has 1 atom stereocenters. The van der Waals surface area contributed by atoms with Gasteiger partial charge in [-0.1, -0.05) is 57.4 Å². The van der Waals surface area contributed by atoms with Gasteiger partial charge in [0.05, 0.1) is 6.10 Å². The SMILES string of the molecule is CCC/C=C/C(O)/C=C/CCCC. The minimum absolute atomic E-state index is 0.386. The number of allylic oxidation sites excluding steroid dienone is 2. The summed E-state index contributed by atoms with van der Waals surface area (Å²) in [6.45, 7) is 4.30. The van der Waals surface area contributed by atoms with Crippen LogP contribution in [-0.4, -0.2) is 11.2 Å². The molecule has 76 valence electrons. The van der Waals surface area contributed by atoms with Crippen molar-refractivity contribution in [2.75, 3.05) is 0 Å². The fourth-order valence-electron chi connectivity index (χ4n) is 1.02. The molecule has 0 heterocycles. The van der Waals surface area contributed by atoms with Crippen LogP contribution in [0.5, 0.6) is 0 Å². The lowest BCUT2D eigenvalue weighted by atomic mass is 10.2. The molecule has 0 aromatic rings. The molecule has 0 radical (unpaired) electrons. The van der Waals surface area contributed by atoms with Crippen LogP contribution in [0.1, 0.15) is 46.0 Å². The molecule has 0 aliphatic rings. The summed E-state index contributed by atoms with van der Waals surface area (Å²) >= 11 is 0. The molecule has 0 rings (SSSR count). The van der Waals surface area contributed by atoms with E-state index in [1.54, 1.807) is 0 Å². The normalized spacial score (nSPS) is 14.4. The lowest BCUT2D eigenvalue weighted by molar-refractivity contribution is 0.271. The Balaban J connectivity index is 3.48. The predicted octanol–water partition coefficient (Wildman–Crippen LogP) is 3.45. The summed E-state index contributed by atoms with van der Waals surface area (Å²) in [4.78, 5) is 0. The molecule has 1 N–H and O–H groups in total. The zero-order chi connectivity index (χ0) is 9.94. The van der Waals surface area contributed by atoms with Crippen molar-refractivity contribution in [3.8, 4) is 0 Å². The quantitative estimate of drug-likeness (QED) is 0.472. The van der Waals surface area contributed by atoms with E-state index in [0.29, 0.717) is 0 Å². The highest BCUT2D eigenvalue weighted by Crippen LogP contribution is 1.98. The van der Waals surface area contributed by atoms with Gasteiger partial charge in [-0.2, -0.15) is 0 Å². The van der Waals surface area contributed by atoms with Crippen LogP contribution in [0, 0.1) is 0 Å². The lowest BCUT2D eigenvalue weighted by Gasteiger charge is -1.96. The minimum atomic E-state index is -0.386. The summed E-state index contributed by atoms with van der Waals surface area (Å²) in [5.74, 6) is 0. The van der Waals surface area contributed by atoms with Crippen molar-refractivity contribution < 1.29 is 5.11 Å². The van der Waals surface area contributed by atoms with Gasteiger partial charge in [0.25, 0.3) is 0 Å². The van der Waals surface area contributed by atoms with E-state index in [9.17, 15) is 5.11 Å². The number of rotatable bonds is 7. The maximum Gasteiger partial charge on any atom is 0.0902 e. The molecule has 13 heavy (non-hydrogen) atoms. The Hall–Kier alpha value is -0.560. The minimum Gasteiger partial charge on any atom is -0.385 e. The third-order valence-electron chi connectivity index (χ3n) is 1.85. The zero-order valence-electron chi connectivity index (χ0n) is 8.87. The molecular formula is C12H22O. The van der Waals surface area contributed by atoms with Crippen molar-refractivity contribution >= 4 is 0 Å². The van der Waals surface area contributed by atoms with Gasteiger partial charge in [-0.25, -0.2) is 0 Å². The summed E-state index contributed by atoms with van der Waals surface area (Å²) < 4.78 is 0. The van der Waals surface area contributed by atoms with Crippen LogP contribution < -0.4 is 0 Å². The highest BCUT2D eigenvalue weighted by molar-refractivity contribution is 5.01. The topological polar surface area (TPSA) is 20.2 Å². The Morgan fingerprint density at radius 2 is 1.62 bits per heavy atom. The first-order chi connectivity index (χ1) is 6.31. The Kier molecular flexibility index (Phi) is 9.12. The molecule has 1 nitrogen and oxygen atoms in total. The first-order valence-electron chi connectivity index (χ1n) is 5.32. The predicted molar refractivity (Wildman–Crippen MR) is 58.7 cm³/mol. The van der Waals surface area contributed by atoms with Crippen molar-refractivity contribution in [2.24, 2.45) is 0 Å². The molecule has 0 aromatic carbocycles. The van der Waals surface area contributed by atoms with E-state index >= 15 is 0 Å². The van der Waals surface area contributed by atoms with E-state index in [1.165, 1.54) is 12.8 Å². The number of hydrogen-bond donors (Lipinski definition) is 1. The second-order valence-electron chi connectivity index (χ2n) is 3.28. The van der Waals surface area contributed by atoms with Crippen LogP contribution in [0.4, 0.5) is 0 Å². The molecule has 0 aliphatic carbocycles. The Labute approximate surface area is 82.2 Å². The highest BCUT2D eigenvalue weighted by atomic mass is 16.3. The van der Waals surface area contributed by atoms with Crippen molar-refractivity contribution in [3.05, 3.63) is 24.3 Å². The third kappa shape index (κ3) is 9.35. The van der Waals surface area contributed by atoms with Crippen molar-refractivity contribution in [1.82, 2.24) is 0 Å². The van der Waals surface area contributed by atoms with Gasteiger partial charge in [0.1, 0.15) is 0 Å². The standard InChI is InChI=1S/C12H22O/c1-3-5-7-9-11-12(13)10-8-6-4-2/h8-13H,3-7H2,1-2H3/b10-8+,11-9+. The fourth-order valence-corrected chi connectivity index (χ4v) is 1.02. The van der Waals surface area contributed by atoms with E-state index in [4.69, 9.17) is 0 Å². The maximum absolute atomic E-state index is 9.40. The van der Waals surface area contributed by atoms with E-state index in [1.807, 2.05) is 18.2 Å². The third-order valence-corrected chi connectivity index (χ3v) is 1.85. The molecule has 0 spiro atoms. The summed E-state index contributed by atoms with van der Waals surface area (Å²) in [5.41, 5.74) is 0. The molecule has 0 amide bonds. The Bertz CT molecular complexity index is 147. The van der Waals surface area contributed by atoms with Crippen LogP contribution in [0.25, 0.3) is 0 Å². The van der Waals surface area contributed by atoms with Gasteiger partial charge in [-0.05, 0) is 12.8 Å². The van der Waals surface area contributed by atoms with Crippen LogP contribution in [0.15, 0.2) is 24.3 Å². The molecule has 0 saturated heterocycles. The summed E-state index contributed by atoms with van der Waals surface area (Å²) in [7, 11) is 0. The van der Waals surface area contributed by atoms with Gasteiger partial charge in [-0.15, -0.1) is 0 Å². The van der Waals surface area contributed by atoms with Gasteiger partial charge in [-0.3, -0.25) is 0 Å². The lowest BCUT2D eigenvalue weighted by Crippen LogP contribution is -1.95. The van der Waals surface area contributed by atoms with E-state index in [-0.39, 0.29) is 6.10 Å². The molecule has 1 unspecified atom stereocenters. The van der Waals surface area contributed by atoms with Crippen molar-refractivity contribution in [3.63, 3.8) is 0 Å². The molecule has 1 heteroatoms. The Morgan fingerprint density at radius 1 is 1.00 bits per heavy atom. The average molecular weight is 182 g/mol. The number of unbranched alkanes of at least 4 members (excludes halogenated alkanes) is 3. The van der Waals surface area contributed by atoms with E-state index in [0.717, 1.165) is 19.3 Å². The molecule has 0 aliphatic heterocycles. The molecular weight excluding hydrogens is 160 g/mol.